The minimum atomic E-state index is -4.26. The molecule has 6 heteroatoms. The lowest BCUT2D eigenvalue weighted by molar-refractivity contribution is -0.180. The zero-order chi connectivity index (χ0) is 12.9. The van der Waals surface area contributed by atoms with Gasteiger partial charge < -0.3 is 14.8 Å². The molecule has 102 valence electrons. The number of halogens is 3. The second-order valence-electron chi connectivity index (χ2n) is 4.95. The van der Waals surface area contributed by atoms with Crippen LogP contribution in [0.15, 0.2) is 0 Å². The Kier molecular flexibility index (Phi) is 5.22. The van der Waals surface area contributed by atoms with Gasteiger partial charge in [0.15, 0.2) is 0 Å². The molecule has 1 saturated heterocycles. The lowest BCUT2D eigenvalue weighted by Crippen LogP contribution is -2.42. The lowest BCUT2D eigenvalue weighted by atomic mass is 9.88. The summed E-state index contributed by atoms with van der Waals surface area (Å²) in [7, 11) is 0. The Morgan fingerprint density at radius 2 is 2.12 bits per heavy atom. The van der Waals surface area contributed by atoms with Crippen LogP contribution in [0.4, 0.5) is 13.2 Å². The molecular weight excluding hydrogens is 235 g/mol. The second-order valence-corrected chi connectivity index (χ2v) is 4.95. The maximum atomic E-state index is 12.0. The Balaban J connectivity index is 2.37. The van der Waals surface area contributed by atoms with Crippen LogP contribution in [0.1, 0.15) is 20.3 Å². The minimum absolute atomic E-state index is 0.0895. The molecule has 1 unspecified atom stereocenters. The topological polar surface area (TPSA) is 30.5 Å². The summed E-state index contributed by atoms with van der Waals surface area (Å²) in [5, 5.41) is 3.23. The van der Waals surface area contributed by atoms with E-state index in [9.17, 15) is 13.2 Å². The first-order valence-electron chi connectivity index (χ1n) is 5.79. The van der Waals surface area contributed by atoms with Crippen LogP contribution in [0, 0.1) is 5.41 Å². The molecule has 0 amide bonds. The van der Waals surface area contributed by atoms with E-state index in [-0.39, 0.29) is 12.0 Å². The van der Waals surface area contributed by atoms with Gasteiger partial charge in [-0.3, -0.25) is 0 Å². The summed E-state index contributed by atoms with van der Waals surface area (Å²) in [4.78, 5) is 0. The number of hydrogen-bond donors (Lipinski definition) is 1. The van der Waals surface area contributed by atoms with Crippen molar-refractivity contribution < 1.29 is 22.6 Å². The molecule has 1 atom stereocenters. The van der Waals surface area contributed by atoms with Crippen LogP contribution in [0.3, 0.4) is 0 Å². The summed E-state index contributed by atoms with van der Waals surface area (Å²) in [5.74, 6) is 0. The predicted molar refractivity (Wildman–Crippen MR) is 57.9 cm³/mol. The number of rotatable bonds is 6. The molecule has 1 aliphatic rings. The van der Waals surface area contributed by atoms with Crippen LogP contribution in [0.2, 0.25) is 0 Å². The van der Waals surface area contributed by atoms with Crippen LogP contribution in [0.5, 0.6) is 0 Å². The quantitative estimate of drug-likeness (QED) is 0.787. The third kappa shape index (κ3) is 5.70. The van der Waals surface area contributed by atoms with Crippen molar-refractivity contribution >= 4 is 0 Å². The van der Waals surface area contributed by atoms with Gasteiger partial charge in [-0.1, -0.05) is 13.8 Å². The average molecular weight is 255 g/mol. The van der Waals surface area contributed by atoms with E-state index in [2.05, 4.69) is 5.32 Å². The van der Waals surface area contributed by atoms with Gasteiger partial charge >= 0.3 is 6.18 Å². The zero-order valence-electron chi connectivity index (χ0n) is 10.3. The van der Waals surface area contributed by atoms with E-state index in [1.807, 2.05) is 13.8 Å². The molecule has 1 aliphatic heterocycles. The van der Waals surface area contributed by atoms with Crippen molar-refractivity contribution in [3.05, 3.63) is 0 Å². The summed E-state index contributed by atoms with van der Waals surface area (Å²) in [6.07, 6.45) is -3.52. The molecule has 1 heterocycles. The van der Waals surface area contributed by atoms with Gasteiger partial charge in [-0.15, -0.1) is 0 Å². The lowest BCUT2D eigenvalue weighted by Gasteiger charge is -2.28. The van der Waals surface area contributed by atoms with Crippen molar-refractivity contribution in [3.8, 4) is 0 Å². The van der Waals surface area contributed by atoms with Crippen LogP contribution in [-0.4, -0.2) is 45.2 Å². The Labute approximate surface area is 99.7 Å². The van der Waals surface area contributed by atoms with Gasteiger partial charge in [-0.05, 0) is 6.42 Å². The first kappa shape index (κ1) is 14.7. The average Bonchev–Trinajstić information content (AvgIpc) is 2.62. The molecule has 17 heavy (non-hydrogen) atoms. The van der Waals surface area contributed by atoms with Gasteiger partial charge in [-0.25, -0.2) is 0 Å². The molecule has 1 fully saturated rings. The largest absolute Gasteiger partial charge is 0.411 e. The molecule has 0 aromatic heterocycles. The summed E-state index contributed by atoms with van der Waals surface area (Å²) in [5.41, 5.74) is -0.310. The van der Waals surface area contributed by atoms with Crippen molar-refractivity contribution in [2.75, 3.05) is 33.0 Å². The molecule has 0 aliphatic carbocycles. The summed E-state index contributed by atoms with van der Waals surface area (Å²) >= 11 is 0. The normalized spacial score (nSPS) is 25.8. The third-order valence-corrected chi connectivity index (χ3v) is 2.74. The highest BCUT2D eigenvalue weighted by atomic mass is 19.4. The minimum Gasteiger partial charge on any atom is -0.381 e. The maximum absolute atomic E-state index is 12.0. The Hall–Kier alpha value is -0.330. The van der Waals surface area contributed by atoms with Gasteiger partial charge in [0.05, 0.1) is 13.2 Å². The van der Waals surface area contributed by atoms with E-state index in [0.717, 1.165) is 6.42 Å². The highest BCUT2D eigenvalue weighted by Gasteiger charge is 2.37. The fourth-order valence-electron chi connectivity index (χ4n) is 1.76. The van der Waals surface area contributed by atoms with Gasteiger partial charge in [0.25, 0.3) is 0 Å². The van der Waals surface area contributed by atoms with Crippen molar-refractivity contribution in [2.45, 2.75) is 32.5 Å². The molecule has 0 radical (unpaired) electrons. The first-order valence-corrected chi connectivity index (χ1v) is 5.79. The predicted octanol–water partition coefficient (Wildman–Crippen LogP) is 1.97. The van der Waals surface area contributed by atoms with Crippen LogP contribution < -0.4 is 5.32 Å². The highest BCUT2D eigenvalue weighted by Crippen LogP contribution is 2.29. The van der Waals surface area contributed by atoms with Gasteiger partial charge in [0.2, 0.25) is 0 Å². The zero-order valence-corrected chi connectivity index (χ0v) is 10.3. The standard InChI is InChI=1S/C11H20F3NO2/c1-9(2)15-5-10(3-4-16-6-10)7-17-8-11(12,13)14/h9,15H,3-8H2,1-2H3. The van der Waals surface area contributed by atoms with E-state index < -0.39 is 12.8 Å². The van der Waals surface area contributed by atoms with Gasteiger partial charge in [0, 0.05) is 24.6 Å². The SMILES string of the molecule is CC(C)NCC1(COCC(F)(F)F)CCOC1. The van der Waals surface area contributed by atoms with E-state index in [0.29, 0.717) is 25.8 Å². The van der Waals surface area contributed by atoms with E-state index >= 15 is 0 Å². The number of nitrogens with one attached hydrogen (secondary N) is 1. The Morgan fingerprint density at radius 1 is 1.41 bits per heavy atom. The Bertz CT molecular complexity index is 225. The smallest absolute Gasteiger partial charge is 0.381 e. The van der Waals surface area contributed by atoms with Gasteiger partial charge in [-0.2, -0.15) is 13.2 Å². The molecule has 3 nitrogen and oxygen atoms in total. The van der Waals surface area contributed by atoms with Crippen LogP contribution >= 0.6 is 0 Å². The van der Waals surface area contributed by atoms with Crippen molar-refractivity contribution in [3.63, 3.8) is 0 Å². The summed E-state index contributed by atoms with van der Waals surface area (Å²) in [6.45, 7) is 4.59. The molecule has 1 rings (SSSR count). The number of hydrogen-bond acceptors (Lipinski definition) is 3. The van der Waals surface area contributed by atoms with Crippen molar-refractivity contribution in [2.24, 2.45) is 5.41 Å². The third-order valence-electron chi connectivity index (χ3n) is 2.74. The molecule has 0 spiro atoms. The summed E-state index contributed by atoms with van der Waals surface area (Å²) in [6, 6.07) is 0.301. The van der Waals surface area contributed by atoms with Crippen LogP contribution in [-0.2, 0) is 9.47 Å². The van der Waals surface area contributed by atoms with Crippen molar-refractivity contribution in [1.82, 2.24) is 5.32 Å². The van der Waals surface area contributed by atoms with E-state index in [1.54, 1.807) is 0 Å². The molecule has 0 aromatic carbocycles. The fourth-order valence-corrected chi connectivity index (χ4v) is 1.76. The maximum Gasteiger partial charge on any atom is 0.411 e. The molecular formula is C11H20F3NO2. The first-order chi connectivity index (χ1) is 7.83. The van der Waals surface area contributed by atoms with Crippen molar-refractivity contribution in [1.29, 1.82) is 0 Å². The Morgan fingerprint density at radius 3 is 2.59 bits per heavy atom. The monoisotopic (exact) mass is 255 g/mol. The molecule has 1 N–H and O–H groups in total. The van der Waals surface area contributed by atoms with E-state index in [4.69, 9.17) is 9.47 Å². The fraction of sp³-hybridized carbons (Fsp3) is 1.00. The van der Waals surface area contributed by atoms with E-state index in [1.165, 1.54) is 0 Å². The molecule has 0 bridgehead atoms. The number of ether oxygens (including phenoxy) is 2. The number of alkyl halides is 3. The molecule has 0 aromatic rings. The molecule has 0 saturated carbocycles. The second kappa shape index (κ2) is 6.02. The summed E-state index contributed by atoms with van der Waals surface area (Å²) < 4.78 is 46.0. The van der Waals surface area contributed by atoms with Gasteiger partial charge in [0.1, 0.15) is 6.61 Å². The van der Waals surface area contributed by atoms with Crippen LogP contribution in [0.25, 0.3) is 0 Å². The highest BCUT2D eigenvalue weighted by molar-refractivity contribution is 4.86.